The number of ether oxygens (including phenoxy) is 2. The molecule has 0 aromatic rings. The van der Waals surface area contributed by atoms with Crippen LogP contribution in [0.3, 0.4) is 0 Å². The molecule has 1 unspecified atom stereocenters. The zero-order valence-corrected chi connectivity index (χ0v) is 12.3. The van der Waals surface area contributed by atoms with Crippen LogP contribution in [0.4, 0.5) is 4.79 Å². The minimum absolute atomic E-state index is 0.0609. The van der Waals surface area contributed by atoms with Crippen molar-refractivity contribution >= 4 is 12.4 Å². The summed E-state index contributed by atoms with van der Waals surface area (Å²) in [5, 5.41) is 0. The van der Waals surface area contributed by atoms with Crippen LogP contribution in [-0.2, 0) is 14.3 Å². The molecule has 1 fully saturated rings. The lowest BCUT2D eigenvalue weighted by molar-refractivity contribution is -0.111. The van der Waals surface area contributed by atoms with Crippen LogP contribution in [0, 0.1) is 0 Å². The highest BCUT2D eigenvalue weighted by atomic mass is 16.6. The first-order valence-electron chi connectivity index (χ1n) is 6.94. The standard InChI is InChI=1S/C14H25NO4/c1-5-6-7-18-12-8-11(10-16)15(9-12)13(17)19-14(2,3)4/h10-12H,5-9H2,1-4H3/t11?,12-/m1/s1. The van der Waals surface area contributed by atoms with Crippen LogP contribution in [0.15, 0.2) is 0 Å². The van der Waals surface area contributed by atoms with Gasteiger partial charge in [0.2, 0.25) is 0 Å². The molecule has 0 aromatic carbocycles. The third kappa shape index (κ3) is 5.19. The highest BCUT2D eigenvalue weighted by Crippen LogP contribution is 2.22. The second-order valence-electron chi connectivity index (χ2n) is 5.92. The number of carbonyl (C=O) groups excluding carboxylic acids is 2. The molecule has 1 heterocycles. The summed E-state index contributed by atoms with van der Waals surface area (Å²) in [6.45, 7) is 8.64. The molecule has 1 aliphatic rings. The van der Waals surface area contributed by atoms with Crippen molar-refractivity contribution in [1.29, 1.82) is 0 Å². The molecule has 19 heavy (non-hydrogen) atoms. The predicted octanol–water partition coefficient (Wildman–Crippen LogP) is 2.38. The Morgan fingerprint density at radius 2 is 2.11 bits per heavy atom. The van der Waals surface area contributed by atoms with E-state index in [4.69, 9.17) is 9.47 Å². The van der Waals surface area contributed by atoms with E-state index in [0.29, 0.717) is 19.6 Å². The number of unbranched alkanes of at least 4 members (excludes halogenated alkanes) is 1. The van der Waals surface area contributed by atoms with Gasteiger partial charge < -0.3 is 14.3 Å². The summed E-state index contributed by atoms with van der Waals surface area (Å²) in [6, 6.07) is -0.429. The largest absolute Gasteiger partial charge is 0.444 e. The molecule has 5 nitrogen and oxygen atoms in total. The van der Waals surface area contributed by atoms with Gasteiger partial charge in [0, 0.05) is 13.0 Å². The van der Waals surface area contributed by atoms with Gasteiger partial charge in [0.05, 0.1) is 18.7 Å². The molecule has 2 atom stereocenters. The average Bonchev–Trinajstić information content (AvgIpc) is 2.70. The van der Waals surface area contributed by atoms with Gasteiger partial charge in [-0.3, -0.25) is 4.90 Å². The van der Waals surface area contributed by atoms with Gasteiger partial charge in [-0.1, -0.05) is 13.3 Å². The van der Waals surface area contributed by atoms with Crippen molar-refractivity contribution in [3.63, 3.8) is 0 Å². The first-order chi connectivity index (χ1) is 8.87. The Kier molecular flexibility index (Phi) is 5.79. The molecule has 1 saturated heterocycles. The van der Waals surface area contributed by atoms with E-state index in [-0.39, 0.29) is 6.10 Å². The molecule has 0 bridgehead atoms. The van der Waals surface area contributed by atoms with Gasteiger partial charge in [-0.2, -0.15) is 0 Å². The van der Waals surface area contributed by atoms with E-state index in [9.17, 15) is 9.59 Å². The normalized spacial score (nSPS) is 23.5. The number of rotatable bonds is 5. The van der Waals surface area contributed by atoms with Crippen molar-refractivity contribution in [2.45, 2.75) is 64.7 Å². The Bertz CT molecular complexity index is 311. The summed E-state index contributed by atoms with van der Waals surface area (Å²) in [6.07, 6.45) is 2.92. The van der Waals surface area contributed by atoms with Gasteiger partial charge in [-0.15, -0.1) is 0 Å². The lowest BCUT2D eigenvalue weighted by Gasteiger charge is -2.26. The second-order valence-corrected chi connectivity index (χ2v) is 5.92. The molecule has 0 saturated carbocycles. The molecule has 0 N–H and O–H groups in total. The van der Waals surface area contributed by atoms with Crippen molar-refractivity contribution in [3.05, 3.63) is 0 Å². The van der Waals surface area contributed by atoms with Crippen LogP contribution in [-0.4, -0.2) is 48.2 Å². The Hall–Kier alpha value is -1.10. The van der Waals surface area contributed by atoms with Gasteiger partial charge in [0.25, 0.3) is 0 Å². The number of nitrogens with zero attached hydrogens (tertiary/aromatic N) is 1. The predicted molar refractivity (Wildman–Crippen MR) is 72.1 cm³/mol. The van der Waals surface area contributed by atoms with E-state index in [1.165, 1.54) is 4.90 Å². The van der Waals surface area contributed by atoms with Crippen LogP contribution in [0.2, 0.25) is 0 Å². The maximum atomic E-state index is 12.0. The summed E-state index contributed by atoms with van der Waals surface area (Å²) in [5.74, 6) is 0. The average molecular weight is 271 g/mol. The van der Waals surface area contributed by atoms with Gasteiger partial charge in [0.15, 0.2) is 0 Å². The summed E-state index contributed by atoms with van der Waals surface area (Å²) in [5.41, 5.74) is -0.550. The Morgan fingerprint density at radius 1 is 1.42 bits per heavy atom. The van der Waals surface area contributed by atoms with Gasteiger partial charge >= 0.3 is 6.09 Å². The fourth-order valence-electron chi connectivity index (χ4n) is 2.00. The number of likely N-dealkylation sites (tertiary alicyclic amines) is 1. The molecule has 0 radical (unpaired) electrons. The first-order valence-corrected chi connectivity index (χ1v) is 6.94. The number of hydrogen-bond donors (Lipinski definition) is 0. The molecular weight excluding hydrogens is 246 g/mol. The van der Waals surface area contributed by atoms with Crippen molar-refractivity contribution in [3.8, 4) is 0 Å². The fourth-order valence-corrected chi connectivity index (χ4v) is 2.00. The third-order valence-corrected chi connectivity index (χ3v) is 2.94. The third-order valence-electron chi connectivity index (χ3n) is 2.94. The number of aldehydes is 1. The van der Waals surface area contributed by atoms with Crippen LogP contribution in [0.5, 0.6) is 0 Å². The molecule has 5 heteroatoms. The van der Waals surface area contributed by atoms with E-state index >= 15 is 0 Å². The summed E-state index contributed by atoms with van der Waals surface area (Å²) in [7, 11) is 0. The monoisotopic (exact) mass is 271 g/mol. The smallest absolute Gasteiger partial charge is 0.410 e. The van der Waals surface area contributed by atoms with Gasteiger partial charge in [-0.05, 0) is 27.2 Å². The van der Waals surface area contributed by atoms with E-state index in [1.54, 1.807) is 0 Å². The Balaban J connectivity index is 2.53. The number of hydrogen-bond acceptors (Lipinski definition) is 4. The lowest BCUT2D eigenvalue weighted by Crippen LogP contribution is -2.40. The Morgan fingerprint density at radius 3 is 2.63 bits per heavy atom. The maximum Gasteiger partial charge on any atom is 0.410 e. The number of carbonyl (C=O) groups is 2. The topological polar surface area (TPSA) is 55.8 Å². The van der Waals surface area contributed by atoms with Crippen LogP contribution >= 0.6 is 0 Å². The molecule has 0 spiro atoms. The maximum absolute atomic E-state index is 12.0. The zero-order chi connectivity index (χ0) is 14.5. The molecule has 110 valence electrons. The summed E-state index contributed by atoms with van der Waals surface area (Å²) in [4.78, 5) is 24.5. The van der Waals surface area contributed by atoms with Crippen molar-refractivity contribution in [1.82, 2.24) is 4.90 Å². The van der Waals surface area contributed by atoms with E-state index in [2.05, 4.69) is 6.92 Å². The van der Waals surface area contributed by atoms with E-state index in [1.807, 2.05) is 20.8 Å². The molecule has 0 aromatic heterocycles. The molecule has 1 aliphatic heterocycles. The van der Waals surface area contributed by atoms with Crippen LogP contribution < -0.4 is 0 Å². The molecule has 1 rings (SSSR count). The van der Waals surface area contributed by atoms with Crippen molar-refractivity contribution in [2.75, 3.05) is 13.2 Å². The van der Waals surface area contributed by atoms with Crippen LogP contribution in [0.25, 0.3) is 0 Å². The zero-order valence-electron chi connectivity index (χ0n) is 12.3. The van der Waals surface area contributed by atoms with E-state index < -0.39 is 17.7 Å². The summed E-state index contributed by atoms with van der Waals surface area (Å²) < 4.78 is 11.0. The van der Waals surface area contributed by atoms with Crippen molar-refractivity contribution < 1.29 is 19.1 Å². The second kappa shape index (κ2) is 6.89. The molecular formula is C14H25NO4. The van der Waals surface area contributed by atoms with Gasteiger partial charge in [0.1, 0.15) is 11.9 Å². The quantitative estimate of drug-likeness (QED) is 0.569. The highest BCUT2D eigenvalue weighted by Gasteiger charge is 2.37. The summed E-state index contributed by atoms with van der Waals surface area (Å²) >= 11 is 0. The highest BCUT2D eigenvalue weighted by molar-refractivity contribution is 5.74. The van der Waals surface area contributed by atoms with Crippen molar-refractivity contribution in [2.24, 2.45) is 0 Å². The fraction of sp³-hybridized carbons (Fsp3) is 0.857. The Labute approximate surface area is 115 Å². The first kappa shape index (κ1) is 16.0. The number of amides is 1. The SMILES string of the molecule is CCCCO[C@@H]1CC(C=O)N(C(=O)OC(C)(C)C)C1. The minimum atomic E-state index is -0.550. The van der Waals surface area contributed by atoms with E-state index in [0.717, 1.165) is 19.1 Å². The minimum Gasteiger partial charge on any atom is -0.444 e. The lowest BCUT2D eigenvalue weighted by atomic mass is 10.2. The van der Waals surface area contributed by atoms with Crippen LogP contribution in [0.1, 0.15) is 47.0 Å². The van der Waals surface area contributed by atoms with Gasteiger partial charge in [-0.25, -0.2) is 4.79 Å². The molecule has 0 aliphatic carbocycles. The molecule has 1 amide bonds.